The highest BCUT2D eigenvalue weighted by Crippen LogP contribution is 2.31. The molecule has 0 aliphatic heterocycles. The Labute approximate surface area is 126 Å². The summed E-state index contributed by atoms with van der Waals surface area (Å²) in [5.41, 5.74) is 0.968. The number of rotatable bonds is 9. The van der Waals surface area contributed by atoms with E-state index in [4.69, 9.17) is 13.9 Å². The Balaban J connectivity index is 2.06. The number of benzene rings is 1. The van der Waals surface area contributed by atoms with Gasteiger partial charge < -0.3 is 19.2 Å². The SMILES string of the molecule is CCCNCc1ccc(-c2ccccc2OCCOC)o1. The van der Waals surface area contributed by atoms with Gasteiger partial charge in [-0.2, -0.15) is 0 Å². The van der Waals surface area contributed by atoms with Gasteiger partial charge in [0.2, 0.25) is 0 Å². The molecule has 0 fully saturated rings. The minimum absolute atomic E-state index is 0.527. The fourth-order valence-electron chi connectivity index (χ4n) is 2.04. The Morgan fingerprint density at radius 3 is 2.76 bits per heavy atom. The quantitative estimate of drug-likeness (QED) is 0.718. The molecule has 21 heavy (non-hydrogen) atoms. The molecule has 0 radical (unpaired) electrons. The molecule has 2 rings (SSSR count). The van der Waals surface area contributed by atoms with Gasteiger partial charge in [-0.05, 0) is 37.2 Å². The van der Waals surface area contributed by atoms with Gasteiger partial charge in [-0.15, -0.1) is 0 Å². The lowest BCUT2D eigenvalue weighted by Gasteiger charge is -2.09. The molecule has 1 aromatic heterocycles. The second kappa shape index (κ2) is 8.49. The van der Waals surface area contributed by atoms with Crippen molar-refractivity contribution in [2.75, 3.05) is 26.9 Å². The summed E-state index contributed by atoms with van der Waals surface area (Å²) in [4.78, 5) is 0. The number of hydrogen-bond donors (Lipinski definition) is 1. The fourth-order valence-corrected chi connectivity index (χ4v) is 2.04. The van der Waals surface area contributed by atoms with Crippen LogP contribution in [-0.4, -0.2) is 26.9 Å². The lowest BCUT2D eigenvalue weighted by Crippen LogP contribution is -2.12. The van der Waals surface area contributed by atoms with Crippen molar-refractivity contribution in [3.63, 3.8) is 0 Å². The third kappa shape index (κ3) is 4.62. The monoisotopic (exact) mass is 289 g/mol. The molecule has 0 saturated heterocycles. The predicted octanol–water partition coefficient (Wildman–Crippen LogP) is 3.47. The van der Waals surface area contributed by atoms with Gasteiger partial charge in [-0.3, -0.25) is 0 Å². The van der Waals surface area contributed by atoms with Gasteiger partial charge >= 0.3 is 0 Å². The second-order valence-electron chi connectivity index (χ2n) is 4.78. The Morgan fingerprint density at radius 1 is 1.10 bits per heavy atom. The van der Waals surface area contributed by atoms with E-state index >= 15 is 0 Å². The number of hydrogen-bond acceptors (Lipinski definition) is 4. The van der Waals surface area contributed by atoms with Gasteiger partial charge in [0.1, 0.15) is 23.9 Å². The van der Waals surface area contributed by atoms with Crippen LogP contribution < -0.4 is 10.1 Å². The lowest BCUT2D eigenvalue weighted by atomic mass is 10.1. The molecule has 0 saturated carbocycles. The van der Waals surface area contributed by atoms with Gasteiger partial charge in [0, 0.05) is 7.11 Å². The Morgan fingerprint density at radius 2 is 1.95 bits per heavy atom. The zero-order valence-corrected chi connectivity index (χ0v) is 12.7. The van der Waals surface area contributed by atoms with E-state index in [2.05, 4.69) is 12.2 Å². The molecule has 0 unspecified atom stereocenters. The normalized spacial score (nSPS) is 10.8. The van der Waals surface area contributed by atoms with Gasteiger partial charge in [0.15, 0.2) is 0 Å². The summed E-state index contributed by atoms with van der Waals surface area (Å²) >= 11 is 0. The first-order valence-corrected chi connectivity index (χ1v) is 7.35. The largest absolute Gasteiger partial charge is 0.490 e. The van der Waals surface area contributed by atoms with E-state index in [-0.39, 0.29) is 0 Å². The van der Waals surface area contributed by atoms with Crippen LogP contribution in [-0.2, 0) is 11.3 Å². The van der Waals surface area contributed by atoms with Crippen LogP contribution in [0.2, 0.25) is 0 Å². The fraction of sp³-hybridized carbons (Fsp3) is 0.412. The number of para-hydroxylation sites is 1. The van der Waals surface area contributed by atoms with Crippen molar-refractivity contribution in [1.29, 1.82) is 0 Å². The molecule has 4 heteroatoms. The van der Waals surface area contributed by atoms with Crippen molar-refractivity contribution in [3.8, 4) is 17.1 Å². The highest BCUT2D eigenvalue weighted by Gasteiger charge is 2.10. The smallest absolute Gasteiger partial charge is 0.138 e. The third-order valence-electron chi connectivity index (χ3n) is 3.09. The molecule has 4 nitrogen and oxygen atoms in total. The molecule has 1 heterocycles. The molecule has 0 bridgehead atoms. The average Bonchev–Trinajstić information content (AvgIpc) is 2.97. The molecule has 0 spiro atoms. The van der Waals surface area contributed by atoms with Crippen molar-refractivity contribution in [2.24, 2.45) is 0 Å². The maximum absolute atomic E-state index is 5.89. The maximum Gasteiger partial charge on any atom is 0.138 e. The summed E-state index contributed by atoms with van der Waals surface area (Å²) in [5.74, 6) is 2.58. The van der Waals surface area contributed by atoms with Crippen LogP contribution in [0.3, 0.4) is 0 Å². The lowest BCUT2D eigenvalue weighted by molar-refractivity contribution is 0.146. The third-order valence-corrected chi connectivity index (χ3v) is 3.09. The summed E-state index contributed by atoms with van der Waals surface area (Å²) < 4.78 is 16.6. The average molecular weight is 289 g/mol. The van der Waals surface area contributed by atoms with Crippen molar-refractivity contribution >= 4 is 0 Å². The Hall–Kier alpha value is -1.78. The zero-order valence-electron chi connectivity index (χ0n) is 12.7. The van der Waals surface area contributed by atoms with Crippen LogP contribution in [0.5, 0.6) is 5.75 Å². The number of furan rings is 1. The van der Waals surface area contributed by atoms with E-state index in [1.807, 2.05) is 36.4 Å². The highest BCUT2D eigenvalue weighted by molar-refractivity contribution is 5.65. The van der Waals surface area contributed by atoms with E-state index in [0.29, 0.717) is 13.2 Å². The molecule has 1 N–H and O–H groups in total. The van der Waals surface area contributed by atoms with Crippen molar-refractivity contribution in [3.05, 3.63) is 42.2 Å². The summed E-state index contributed by atoms with van der Waals surface area (Å²) in [6.07, 6.45) is 1.11. The van der Waals surface area contributed by atoms with Crippen LogP contribution in [0.15, 0.2) is 40.8 Å². The number of nitrogens with one attached hydrogen (secondary N) is 1. The zero-order chi connectivity index (χ0) is 14.9. The van der Waals surface area contributed by atoms with E-state index in [1.54, 1.807) is 7.11 Å². The number of methoxy groups -OCH3 is 1. The Bertz CT molecular complexity index is 536. The van der Waals surface area contributed by atoms with Gasteiger partial charge in [0.05, 0.1) is 18.7 Å². The van der Waals surface area contributed by atoms with Gasteiger partial charge in [-0.25, -0.2) is 0 Å². The number of ether oxygens (including phenoxy) is 2. The van der Waals surface area contributed by atoms with Crippen LogP contribution in [0.25, 0.3) is 11.3 Å². The molecule has 114 valence electrons. The molecule has 0 atom stereocenters. The summed E-state index contributed by atoms with van der Waals surface area (Å²) in [6.45, 7) is 4.99. The first-order chi connectivity index (χ1) is 10.3. The predicted molar refractivity (Wildman–Crippen MR) is 83.5 cm³/mol. The van der Waals surface area contributed by atoms with E-state index in [9.17, 15) is 0 Å². The minimum atomic E-state index is 0.527. The second-order valence-corrected chi connectivity index (χ2v) is 4.78. The summed E-state index contributed by atoms with van der Waals surface area (Å²) in [7, 11) is 1.66. The molecular formula is C17H23NO3. The van der Waals surface area contributed by atoms with Crippen molar-refractivity contribution in [1.82, 2.24) is 5.32 Å². The summed E-state index contributed by atoms with van der Waals surface area (Å²) in [5, 5.41) is 3.33. The van der Waals surface area contributed by atoms with Crippen molar-refractivity contribution < 1.29 is 13.9 Å². The molecule has 0 aliphatic rings. The first kappa shape index (κ1) is 15.6. The van der Waals surface area contributed by atoms with Crippen LogP contribution in [0, 0.1) is 0 Å². The van der Waals surface area contributed by atoms with Gasteiger partial charge in [0.25, 0.3) is 0 Å². The van der Waals surface area contributed by atoms with E-state index in [0.717, 1.165) is 42.3 Å². The molecule has 1 aromatic carbocycles. The molecular weight excluding hydrogens is 266 g/mol. The summed E-state index contributed by atoms with van der Waals surface area (Å²) in [6, 6.07) is 11.9. The van der Waals surface area contributed by atoms with Crippen LogP contribution in [0.1, 0.15) is 19.1 Å². The minimum Gasteiger partial charge on any atom is -0.490 e. The van der Waals surface area contributed by atoms with Gasteiger partial charge in [-0.1, -0.05) is 19.1 Å². The van der Waals surface area contributed by atoms with Crippen LogP contribution >= 0.6 is 0 Å². The highest BCUT2D eigenvalue weighted by atomic mass is 16.5. The van der Waals surface area contributed by atoms with E-state index in [1.165, 1.54) is 0 Å². The Kier molecular flexibility index (Phi) is 6.31. The molecule has 0 aliphatic carbocycles. The molecule has 2 aromatic rings. The van der Waals surface area contributed by atoms with Crippen molar-refractivity contribution in [2.45, 2.75) is 19.9 Å². The molecule has 0 amide bonds. The first-order valence-electron chi connectivity index (χ1n) is 7.35. The van der Waals surface area contributed by atoms with Crippen LogP contribution in [0.4, 0.5) is 0 Å². The topological polar surface area (TPSA) is 43.6 Å². The maximum atomic E-state index is 5.89. The standard InChI is InChI=1S/C17H23NO3/c1-3-10-18-13-14-8-9-17(21-14)15-6-4-5-7-16(15)20-12-11-19-2/h4-9,18H,3,10-13H2,1-2H3. The van der Waals surface area contributed by atoms with E-state index < -0.39 is 0 Å².